The van der Waals surface area contributed by atoms with Gasteiger partial charge in [0, 0.05) is 5.56 Å². The Labute approximate surface area is 150 Å². The predicted octanol–water partition coefficient (Wildman–Crippen LogP) is 3.98. The van der Waals surface area contributed by atoms with Crippen LogP contribution in [0.3, 0.4) is 0 Å². The first-order valence-corrected chi connectivity index (χ1v) is 8.30. The summed E-state index contributed by atoms with van der Waals surface area (Å²) in [6.45, 7) is 0.437. The maximum atomic E-state index is 13.1. The zero-order chi connectivity index (χ0) is 17.9. The summed E-state index contributed by atoms with van der Waals surface area (Å²) in [5.74, 6) is 0.599. The molecule has 0 amide bonds. The Kier molecular flexibility index (Phi) is 4.04. The molecular formula is C22H15N3O. The first-order valence-electron chi connectivity index (χ1n) is 8.30. The van der Waals surface area contributed by atoms with Crippen molar-refractivity contribution in [3.05, 3.63) is 100 Å². The standard InChI is InChI=1S/C22H15N3O/c23-14-16-10-12-18(13-11-16)21-24-20-9-5-4-8-19(20)22(26)25(21)15-17-6-2-1-3-7-17/h1-13H,15H2. The third-order valence-electron chi connectivity index (χ3n) is 4.32. The molecule has 0 saturated carbocycles. The maximum absolute atomic E-state index is 13.1. The average Bonchev–Trinajstić information content (AvgIpc) is 2.71. The third-order valence-corrected chi connectivity index (χ3v) is 4.32. The highest BCUT2D eigenvalue weighted by atomic mass is 16.1. The minimum atomic E-state index is -0.0705. The van der Waals surface area contributed by atoms with Crippen molar-refractivity contribution in [1.82, 2.24) is 9.55 Å². The molecule has 4 aromatic rings. The molecule has 0 aliphatic carbocycles. The molecule has 1 aromatic heterocycles. The molecule has 1 heterocycles. The molecule has 0 radical (unpaired) electrons. The Bertz CT molecular complexity index is 1170. The van der Waals surface area contributed by atoms with E-state index in [1.165, 1.54) is 0 Å². The molecule has 4 heteroatoms. The Hall–Kier alpha value is -3.71. The highest BCUT2D eigenvalue weighted by Crippen LogP contribution is 2.20. The fraction of sp³-hybridized carbons (Fsp3) is 0.0455. The van der Waals surface area contributed by atoms with Crippen LogP contribution in [-0.4, -0.2) is 9.55 Å². The summed E-state index contributed by atoms with van der Waals surface area (Å²) in [6.07, 6.45) is 0. The highest BCUT2D eigenvalue weighted by molar-refractivity contribution is 5.79. The molecule has 4 rings (SSSR count). The summed E-state index contributed by atoms with van der Waals surface area (Å²) in [5.41, 5.74) is 3.01. The smallest absolute Gasteiger partial charge is 0.261 e. The van der Waals surface area contributed by atoms with E-state index >= 15 is 0 Å². The van der Waals surface area contributed by atoms with Crippen LogP contribution in [-0.2, 0) is 6.54 Å². The Morgan fingerprint density at radius 1 is 0.885 bits per heavy atom. The lowest BCUT2D eigenvalue weighted by Gasteiger charge is -2.14. The molecule has 0 spiro atoms. The second kappa shape index (κ2) is 6.66. The number of aromatic nitrogens is 2. The van der Waals surface area contributed by atoms with Gasteiger partial charge in [-0.2, -0.15) is 5.26 Å². The summed E-state index contributed by atoms with van der Waals surface area (Å²) in [4.78, 5) is 17.9. The van der Waals surface area contributed by atoms with Gasteiger partial charge in [-0.25, -0.2) is 4.98 Å². The molecule has 0 aliphatic heterocycles. The number of nitriles is 1. The largest absolute Gasteiger partial charge is 0.288 e. The molecule has 0 N–H and O–H groups in total. The van der Waals surface area contributed by atoms with Crippen LogP contribution in [0.5, 0.6) is 0 Å². The van der Waals surface area contributed by atoms with Crippen LogP contribution in [0.15, 0.2) is 83.7 Å². The molecule has 0 saturated heterocycles. The first-order chi connectivity index (χ1) is 12.8. The second-order valence-corrected chi connectivity index (χ2v) is 6.02. The number of benzene rings is 3. The van der Waals surface area contributed by atoms with E-state index in [1.54, 1.807) is 22.8 Å². The fourth-order valence-corrected chi connectivity index (χ4v) is 2.99. The van der Waals surface area contributed by atoms with Crippen molar-refractivity contribution < 1.29 is 0 Å². The van der Waals surface area contributed by atoms with E-state index in [0.29, 0.717) is 28.8 Å². The van der Waals surface area contributed by atoms with Gasteiger partial charge < -0.3 is 0 Å². The van der Waals surface area contributed by atoms with Gasteiger partial charge >= 0.3 is 0 Å². The molecule has 3 aromatic carbocycles. The summed E-state index contributed by atoms with van der Waals surface area (Å²) in [5, 5.41) is 9.61. The van der Waals surface area contributed by atoms with Crippen molar-refractivity contribution >= 4 is 10.9 Å². The number of rotatable bonds is 3. The van der Waals surface area contributed by atoms with Gasteiger partial charge in [0.1, 0.15) is 5.82 Å². The van der Waals surface area contributed by atoms with Crippen LogP contribution in [0.25, 0.3) is 22.3 Å². The monoisotopic (exact) mass is 337 g/mol. The molecule has 0 aliphatic rings. The van der Waals surface area contributed by atoms with Crippen molar-refractivity contribution in [2.24, 2.45) is 0 Å². The minimum Gasteiger partial charge on any atom is -0.288 e. The van der Waals surface area contributed by atoms with Crippen LogP contribution in [0.1, 0.15) is 11.1 Å². The van der Waals surface area contributed by atoms with Gasteiger partial charge in [-0.3, -0.25) is 9.36 Å². The van der Waals surface area contributed by atoms with Gasteiger partial charge in [0.15, 0.2) is 0 Å². The van der Waals surface area contributed by atoms with E-state index in [4.69, 9.17) is 10.2 Å². The Morgan fingerprint density at radius 3 is 2.31 bits per heavy atom. The van der Waals surface area contributed by atoms with Gasteiger partial charge in [0.25, 0.3) is 5.56 Å². The fourth-order valence-electron chi connectivity index (χ4n) is 2.99. The van der Waals surface area contributed by atoms with Crippen LogP contribution >= 0.6 is 0 Å². The SMILES string of the molecule is N#Cc1ccc(-c2nc3ccccc3c(=O)n2Cc2ccccc2)cc1. The zero-order valence-electron chi connectivity index (χ0n) is 14.0. The summed E-state index contributed by atoms with van der Waals surface area (Å²) < 4.78 is 1.69. The van der Waals surface area contributed by atoms with Gasteiger partial charge in [-0.15, -0.1) is 0 Å². The van der Waals surface area contributed by atoms with E-state index in [-0.39, 0.29) is 5.56 Å². The number of hydrogen-bond acceptors (Lipinski definition) is 3. The van der Waals surface area contributed by atoms with E-state index in [1.807, 2.05) is 60.7 Å². The number of para-hydroxylation sites is 1. The molecule has 124 valence electrons. The average molecular weight is 337 g/mol. The molecular weight excluding hydrogens is 322 g/mol. The van der Waals surface area contributed by atoms with Crippen LogP contribution in [0.4, 0.5) is 0 Å². The third kappa shape index (κ3) is 2.87. The van der Waals surface area contributed by atoms with Crippen molar-refractivity contribution in [3.63, 3.8) is 0 Å². The molecule has 0 fully saturated rings. The van der Waals surface area contributed by atoms with Gasteiger partial charge in [0.2, 0.25) is 0 Å². The van der Waals surface area contributed by atoms with E-state index in [0.717, 1.165) is 11.1 Å². The molecule has 0 unspecified atom stereocenters. The van der Waals surface area contributed by atoms with Crippen molar-refractivity contribution in [2.75, 3.05) is 0 Å². The summed E-state index contributed by atoms with van der Waals surface area (Å²) in [7, 11) is 0. The molecule has 0 bridgehead atoms. The summed E-state index contributed by atoms with van der Waals surface area (Å²) >= 11 is 0. The number of hydrogen-bond donors (Lipinski definition) is 0. The van der Waals surface area contributed by atoms with Crippen molar-refractivity contribution in [1.29, 1.82) is 5.26 Å². The minimum absolute atomic E-state index is 0.0705. The van der Waals surface area contributed by atoms with E-state index in [9.17, 15) is 4.79 Å². The number of fused-ring (bicyclic) bond motifs is 1. The Balaban J connectivity index is 1.95. The normalized spacial score (nSPS) is 10.6. The quantitative estimate of drug-likeness (QED) is 0.568. The van der Waals surface area contributed by atoms with E-state index in [2.05, 4.69) is 6.07 Å². The number of nitrogens with zero attached hydrogens (tertiary/aromatic N) is 3. The lowest BCUT2D eigenvalue weighted by atomic mass is 10.1. The summed E-state index contributed by atoms with van der Waals surface area (Å²) in [6, 6.07) is 26.5. The Morgan fingerprint density at radius 2 is 1.58 bits per heavy atom. The van der Waals surface area contributed by atoms with Crippen molar-refractivity contribution in [3.8, 4) is 17.5 Å². The second-order valence-electron chi connectivity index (χ2n) is 6.02. The van der Waals surface area contributed by atoms with Crippen LogP contribution in [0, 0.1) is 11.3 Å². The zero-order valence-corrected chi connectivity index (χ0v) is 14.0. The van der Waals surface area contributed by atoms with Gasteiger partial charge in [-0.05, 0) is 42.0 Å². The molecule has 0 atom stereocenters. The van der Waals surface area contributed by atoms with Crippen LogP contribution in [0.2, 0.25) is 0 Å². The van der Waals surface area contributed by atoms with Crippen molar-refractivity contribution in [2.45, 2.75) is 6.54 Å². The topological polar surface area (TPSA) is 58.7 Å². The van der Waals surface area contributed by atoms with E-state index < -0.39 is 0 Å². The first kappa shape index (κ1) is 15.8. The lowest BCUT2D eigenvalue weighted by Crippen LogP contribution is -2.24. The lowest BCUT2D eigenvalue weighted by molar-refractivity contribution is 0.759. The predicted molar refractivity (Wildman–Crippen MR) is 102 cm³/mol. The molecule has 4 nitrogen and oxygen atoms in total. The highest BCUT2D eigenvalue weighted by Gasteiger charge is 2.13. The van der Waals surface area contributed by atoms with Crippen LogP contribution < -0.4 is 5.56 Å². The van der Waals surface area contributed by atoms with Gasteiger partial charge in [-0.1, -0.05) is 42.5 Å². The van der Waals surface area contributed by atoms with Gasteiger partial charge in [0.05, 0.1) is 29.1 Å². The molecule has 26 heavy (non-hydrogen) atoms. The maximum Gasteiger partial charge on any atom is 0.261 e.